The maximum absolute atomic E-state index is 13.6. The fourth-order valence-electron chi connectivity index (χ4n) is 4.22. The highest BCUT2D eigenvalue weighted by atomic mass is 19.4. The molecule has 0 radical (unpaired) electrons. The Morgan fingerprint density at radius 3 is 1.82 bits per heavy atom. The standard InChI is InChI=1S/C18H26F4/c1-2-3-13-4-6-14(7-5-13)15-8-10-16(11-9-15)17(19)12-18(20,21)22/h2-3,12-16H,4-11H2,1H3/b3-2+,17-12-. The van der Waals surface area contributed by atoms with Gasteiger partial charge in [0.1, 0.15) is 5.83 Å². The Hall–Kier alpha value is -0.800. The van der Waals surface area contributed by atoms with Crippen LogP contribution in [-0.4, -0.2) is 6.18 Å². The molecule has 4 heteroatoms. The Morgan fingerprint density at radius 1 is 0.864 bits per heavy atom. The first kappa shape index (κ1) is 17.6. The zero-order chi connectivity index (χ0) is 16.2. The van der Waals surface area contributed by atoms with Crippen LogP contribution in [0, 0.1) is 23.7 Å². The van der Waals surface area contributed by atoms with E-state index in [1.165, 1.54) is 25.7 Å². The van der Waals surface area contributed by atoms with E-state index in [2.05, 4.69) is 19.1 Å². The van der Waals surface area contributed by atoms with Crippen LogP contribution < -0.4 is 0 Å². The fraction of sp³-hybridized carbons (Fsp3) is 0.778. The second kappa shape index (κ2) is 7.65. The average Bonchev–Trinajstić information content (AvgIpc) is 2.47. The van der Waals surface area contributed by atoms with Crippen molar-refractivity contribution in [2.75, 3.05) is 0 Å². The van der Waals surface area contributed by atoms with Gasteiger partial charge in [0.2, 0.25) is 0 Å². The number of hydrogen-bond acceptors (Lipinski definition) is 0. The predicted octanol–water partition coefficient (Wildman–Crippen LogP) is 6.59. The molecule has 0 aromatic heterocycles. The molecule has 2 saturated carbocycles. The molecule has 0 bridgehead atoms. The maximum atomic E-state index is 13.6. The molecule has 0 N–H and O–H groups in total. The molecule has 2 rings (SSSR count). The van der Waals surface area contributed by atoms with Gasteiger partial charge in [-0.05, 0) is 76.0 Å². The second-order valence-electron chi connectivity index (χ2n) is 6.88. The predicted molar refractivity (Wildman–Crippen MR) is 81.0 cm³/mol. The first-order chi connectivity index (χ1) is 10.4. The summed E-state index contributed by atoms with van der Waals surface area (Å²) in [5, 5.41) is 0. The molecule has 0 aromatic rings. The van der Waals surface area contributed by atoms with Gasteiger partial charge in [-0.15, -0.1) is 0 Å². The van der Waals surface area contributed by atoms with Crippen molar-refractivity contribution in [3.05, 3.63) is 24.1 Å². The monoisotopic (exact) mass is 318 g/mol. The summed E-state index contributed by atoms with van der Waals surface area (Å²) in [5.41, 5.74) is 0. The number of hydrogen-bond donors (Lipinski definition) is 0. The smallest absolute Gasteiger partial charge is 0.212 e. The molecule has 2 aliphatic rings. The van der Waals surface area contributed by atoms with E-state index in [-0.39, 0.29) is 6.08 Å². The molecule has 0 unspecified atom stereocenters. The van der Waals surface area contributed by atoms with Gasteiger partial charge in [0.15, 0.2) is 0 Å². The first-order valence-corrected chi connectivity index (χ1v) is 8.47. The maximum Gasteiger partial charge on any atom is 0.412 e. The van der Waals surface area contributed by atoms with Crippen LogP contribution in [0.1, 0.15) is 58.3 Å². The van der Waals surface area contributed by atoms with Crippen LogP contribution in [0.5, 0.6) is 0 Å². The van der Waals surface area contributed by atoms with Gasteiger partial charge in [0, 0.05) is 5.92 Å². The molecule has 0 heterocycles. The minimum Gasteiger partial charge on any atom is -0.212 e. The summed E-state index contributed by atoms with van der Waals surface area (Å²) < 4.78 is 50.2. The summed E-state index contributed by atoms with van der Waals surface area (Å²) in [6.07, 6.45) is 7.47. The molecular weight excluding hydrogens is 292 g/mol. The third-order valence-electron chi connectivity index (χ3n) is 5.41. The van der Waals surface area contributed by atoms with E-state index < -0.39 is 17.9 Å². The molecule has 0 spiro atoms. The Kier molecular flexibility index (Phi) is 6.10. The summed E-state index contributed by atoms with van der Waals surface area (Å²) in [5.74, 6) is 0.489. The van der Waals surface area contributed by atoms with Crippen LogP contribution in [-0.2, 0) is 0 Å². The van der Waals surface area contributed by atoms with Crippen LogP contribution in [0.4, 0.5) is 17.6 Å². The Bertz CT molecular complexity index is 392. The summed E-state index contributed by atoms with van der Waals surface area (Å²) in [6, 6.07) is 0. The lowest BCUT2D eigenvalue weighted by atomic mass is 9.69. The van der Waals surface area contributed by atoms with Crippen LogP contribution in [0.25, 0.3) is 0 Å². The molecule has 2 aliphatic carbocycles. The molecule has 0 aromatic carbocycles. The van der Waals surface area contributed by atoms with E-state index in [0.29, 0.717) is 30.6 Å². The molecule has 0 saturated heterocycles. The summed E-state index contributed by atoms with van der Waals surface area (Å²) >= 11 is 0. The van der Waals surface area contributed by atoms with Crippen LogP contribution in [0.3, 0.4) is 0 Å². The summed E-state index contributed by atoms with van der Waals surface area (Å²) in [4.78, 5) is 0. The largest absolute Gasteiger partial charge is 0.412 e. The van der Waals surface area contributed by atoms with Gasteiger partial charge in [-0.3, -0.25) is 0 Å². The fourth-order valence-corrected chi connectivity index (χ4v) is 4.22. The van der Waals surface area contributed by atoms with E-state index in [4.69, 9.17) is 0 Å². The Balaban J connectivity index is 1.79. The van der Waals surface area contributed by atoms with Crippen LogP contribution in [0.2, 0.25) is 0 Å². The van der Waals surface area contributed by atoms with Gasteiger partial charge >= 0.3 is 6.18 Å². The molecular formula is C18H26F4. The molecule has 0 aliphatic heterocycles. The third-order valence-corrected chi connectivity index (χ3v) is 5.41. The number of allylic oxidation sites excluding steroid dienone is 4. The minimum atomic E-state index is -4.54. The van der Waals surface area contributed by atoms with Gasteiger partial charge in [-0.1, -0.05) is 12.2 Å². The van der Waals surface area contributed by atoms with E-state index >= 15 is 0 Å². The topological polar surface area (TPSA) is 0 Å². The van der Waals surface area contributed by atoms with Crippen molar-refractivity contribution in [1.82, 2.24) is 0 Å². The normalized spacial score (nSPS) is 35.0. The van der Waals surface area contributed by atoms with Crippen LogP contribution in [0.15, 0.2) is 24.1 Å². The second-order valence-corrected chi connectivity index (χ2v) is 6.88. The van der Waals surface area contributed by atoms with Gasteiger partial charge in [0.05, 0.1) is 6.08 Å². The molecule has 0 amide bonds. The zero-order valence-corrected chi connectivity index (χ0v) is 13.2. The van der Waals surface area contributed by atoms with Gasteiger partial charge in [-0.25, -0.2) is 4.39 Å². The third kappa shape index (κ3) is 5.13. The van der Waals surface area contributed by atoms with E-state index in [9.17, 15) is 17.6 Å². The van der Waals surface area contributed by atoms with Crippen molar-refractivity contribution < 1.29 is 17.6 Å². The van der Waals surface area contributed by atoms with Crippen molar-refractivity contribution in [1.29, 1.82) is 0 Å². The molecule has 0 atom stereocenters. The average molecular weight is 318 g/mol. The van der Waals surface area contributed by atoms with Crippen LogP contribution >= 0.6 is 0 Å². The highest BCUT2D eigenvalue weighted by molar-refractivity contribution is 5.03. The molecule has 126 valence electrons. The summed E-state index contributed by atoms with van der Waals surface area (Å²) in [7, 11) is 0. The number of halogens is 4. The highest BCUT2D eigenvalue weighted by Gasteiger charge is 2.33. The first-order valence-electron chi connectivity index (χ1n) is 8.47. The lowest BCUT2D eigenvalue weighted by Crippen LogP contribution is -2.26. The quantitative estimate of drug-likeness (QED) is 0.406. The lowest BCUT2D eigenvalue weighted by Gasteiger charge is -2.37. The van der Waals surface area contributed by atoms with Gasteiger partial charge in [0.25, 0.3) is 0 Å². The van der Waals surface area contributed by atoms with Crippen molar-refractivity contribution >= 4 is 0 Å². The van der Waals surface area contributed by atoms with E-state index in [1.807, 2.05) is 0 Å². The SMILES string of the molecule is C/C=C/C1CCC(C2CCC(/C(F)=C/C(F)(F)F)CC2)CC1. The van der Waals surface area contributed by atoms with Crippen molar-refractivity contribution in [3.8, 4) is 0 Å². The van der Waals surface area contributed by atoms with Crippen molar-refractivity contribution in [3.63, 3.8) is 0 Å². The van der Waals surface area contributed by atoms with Crippen molar-refractivity contribution in [2.45, 2.75) is 64.5 Å². The minimum absolute atomic E-state index is 0.152. The van der Waals surface area contributed by atoms with E-state index in [0.717, 1.165) is 12.8 Å². The lowest BCUT2D eigenvalue weighted by molar-refractivity contribution is -0.0821. The Labute approximate surface area is 130 Å². The van der Waals surface area contributed by atoms with Crippen molar-refractivity contribution in [2.24, 2.45) is 23.7 Å². The molecule has 0 nitrogen and oxygen atoms in total. The highest BCUT2D eigenvalue weighted by Crippen LogP contribution is 2.43. The number of alkyl halides is 3. The molecule has 2 fully saturated rings. The van der Waals surface area contributed by atoms with Gasteiger partial charge < -0.3 is 0 Å². The zero-order valence-electron chi connectivity index (χ0n) is 13.2. The summed E-state index contributed by atoms with van der Waals surface area (Å²) in [6.45, 7) is 2.05. The molecule has 22 heavy (non-hydrogen) atoms. The Morgan fingerprint density at radius 2 is 1.36 bits per heavy atom. The van der Waals surface area contributed by atoms with E-state index in [1.54, 1.807) is 0 Å². The van der Waals surface area contributed by atoms with Gasteiger partial charge in [-0.2, -0.15) is 13.2 Å². The number of rotatable bonds is 3.